The molecular formula is C17H11N. The molecule has 84 valence electrons. The van der Waals surface area contributed by atoms with E-state index >= 15 is 0 Å². The van der Waals surface area contributed by atoms with Gasteiger partial charge >= 0.3 is 0 Å². The van der Waals surface area contributed by atoms with Gasteiger partial charge in [-0.1, -0.05) is 60.4 Å². The Morgan fingerprint density at radius 1 is 0.889 bits per heavy atom. The van der Waals surface area contributed by atoms with Crippen LogP contribution in [0, 0.1) is 23.2 Å². The van der Waals surface area contributed by atoms with Gasteiger partial charge in [0.25, 0.3) is 0 Å². The third-order valence-corrected chi connectivity index (χ3v) is 2.35. The summed E-state index contributed by atoms with van der Waals surface area (Å²) < 4.78 is 0. The zero-order valence-corrected chi connectivity index (χ0v) is 9.80. The number of hydrogen-bond donors (Lipinski definition) is 0. The molecular weight excluding hydrogens is 218 g/mol. The minimum Gasteiger partial charge on any atom is -0.192 e. The number of hydrogen-bond acceptors (Lipinski definition) is 1. The summed E-state index contributed by atoms with van der Waals surface area (Å²) >= 11 is 0. The third-order valence-electron chi connectivity index (χ3n) is 2.35. The third kappa shape index (κ3) is 3.37. The average Bonchev–Trinajstić information content (AvgIpc) is 2.45. The monoisotopic (exact) mass is 229 g/mol. The molecule has 1 heteroatoms. The molecule has 0 heterocycles. The van der Waals surface area contributed by atoms with E-state index < -0.39 is 0 Å². The first-order chi connectivity index (χ1) is 8.88. The zero-order chi connectivity index (χ0) is 12.6. The van der Waals surface area contributed by atoms with E-state index in [-0.39, 0.29) is 0 Å². The van der Waals surface area contributed by atoms with Crippen LogP contribution < -0.4 is 0 Å². The van der Waals surface area contributed by atoms with Crippen molar-refractivity contribution in [2.45, 2.75) is 0 Å². The molecule has 0 saturated heterocycles. The second-order valence-corrected chi connectivity index (χ2v) is 3.70. The Morgan fingerprint density at radius 3 is 2.11 bits per heavy atom. The Labute approximate surface area is 107 Å². The van der Waals surface area contributed by atoms with Crippen LogP contribution in [-0.4, -0.2) is 0 Å². The topological polar surface area (TPSA) is 23.8 Å². The van der Waals surface area contributed by atoms with Crippen molar-refractivity contribution in [1.82, 2.24) is 0 Å². The fourth-order valence-electron chi connectivity index (χ4n) is 1.47. The van der Waals surface area contributed by atoms with Crippen molar-refractivity contribution in [3.05, 3.63) is 77.4 Å². The zero-order valence-electron chi connectivity index (χ0n) is 9.80. The number of rotatable bonds is 1. The highest BCUT2D eigenvalue weighted by Crippen LogP contribution is 2.05. The van der Waals surface area contributed by atoms with Gasteiger partial charge in [0, 0.05) is 5.56 Å². The largest absolute Gasteiger partial charge is 0.192 e. The van der Waals surface area contributed by atoms with Crippen LogP contribution in [0.25, 0.3) is 6.08 Å². The Hall–Kier alpha value is -2.77. The van der Waals surface area contributed by atoms with E-state index in [1.54, 1.807) is 6.08 Å². The van der Waals surface area contributed by atoms with Gasteiger partial charge in [-0.05, 0) is 23.8 Å². The minimum atomic E-state index is 0.463. The highest BCUT2D eigenvalue weighted by Gasteiger charge is 1.91. The van der Waals surface area contributed by atoms with Crippen molar-refractivity contribution in [2.24, 2.45) is 0 Å². The highest BCUT2D eigenvalue weighted by molar-refractivity contribution is 5.64. The van der Waals surface area contributed by atoms with Crippen molar-refractivity contribution in [2.75, 3.05) is 0 Å². The standard InChI is InChI=1S/C17H11N/c18-14-17(13-16-9-5-2-6-10-16)12-11-15-7-3-1-4-8-15/h1-10,13H. The van der Waals surface area contributed by atoms with Gasteiger partial charge in [-0.25, -0.2) is 0 Å². The van der Waals surface area contributed by atoms with Gasteiger partial charge in [-0.3, -0.25) is 0 Å². The molecule has 2 aromatic rings. The van der Waals surface area contributed by atoms with Crippen LogP contribution in [0.15, 0.2) is 66.2 Å². The molecule has 0 radical (unpaired) electrons. The van der Waals surface area contributed by atoms with Gasteiger partial charge in [-0.15, -0.1) is 0 Å². The fourth-order valence-corrected chi connectivity index (χ4v) is 1.47. The molecule has 0 N–H and O–H groups in total. The molecule has 0 aliphatic rings. The molecule has 0 spiro atoms. The summed E-state index contributed by atoms with van der Waals surface area (Å²) in [6.07, 6.45) is 1.79. The second-order valence-electron chi connectivity index (χ2n) is 3.70. The molecule has 0 fully saturated rings. The van der Waals surface area contributed by atoms with Crippen LogP contribution in [0.2, 0.25) is 0 Å². The summed E-state index contributed by atoms with van der Waals surface area (Å²) in [5.74, 6) is 5.86. The molecule has 0 bridgehead atoms. The molecule has 1 nitrogen and oxygen atoms in total. The number of nitrogens with zero attached hydrogens (tertiary/aromatic N) is 1. The normalized spacial score (nSPS) is 10.1. The lowest BCUT2D eigenvalue weighted by Gasteiger charge is -1.91. The van der Waals surface area contributed by atoms with Crippen molar-refractivity contribution < 1.29 is 0 Å². The predicted molar refractivity (Wildman–Crippen MR) is 73.4 cm³/mol. The highest BCUT2D eigenvalue weighted by atomic mass is 14.2. The number of nitriles is 1. The maximum Gasteiger partial charge on any atom is 0.108 e. The van der Waals surface area contributed by atoms with Crippen LogP contribution in [-0.2, 0) is 0 Å². The van der Waals surface area contributed by atoms with E-state index in [4.69, 9.17) is 5.26 Å². The van der Waals surface area contributed by atoms with Gasteiger partial charge in [-0.2, -0.15) is 5.26 Å². The molecule has 0 aliphatic carbocycles. The first-order valence-corrected chi connectivity index (χ1v) is 5.62. The molecule has 0 amide bonds. The Bertz CT molecular complexity index is 635. The van der Waals surface area contributed by atoms with E-state index in [9.17, 15) is 0 Å². The fraction of sp³-hybridized carbons (Fsp3) is 0. The number of benzene rings is 2. The number of allylic oxidation sites excluding steroid dienone is 1. The summed E-state index contributed by atoms with van der Waals surface area (Å²) in [5.41, 5.74) is 2.35. The van der Waals surface area contributed by atoms with E-state index in [1.807, 2.05) is 60.7 Å². The molecule has 0 unspecified atom stereocenters. The molecule has 2 aromatic carbocycles. The lowest BCUT2D eigenvalue weighted by atomic mass is 10.1. The van der Waals surface area contributed by atoms with Crippen molar-refractivity contribution in [3.8, 4) is 17.9 Å². The van der Waals surface area contributed by atoms with Gasteiger partial charge in [0.15, 0.2) is 0 Å². The Balaban J connectivity index is 2.25. The summed E-state index contributed by atoms with van der Waals surface area (Å²) in [7, 11) is 0. The summed E-state index contributed by atoms with van der Waals surface area (Å²) in [6, 6.07) is 21.5. The van der Waals surface area contributed by atoms with Crippen LogP contribution in [0.1, 0.15) is 11.1 Å². The summed E-state index contributed by atoms with van der Waals surface area (Å²) in [4.78, 5) is 0. The summed E-state index contributed by atoms with van der Waals surface area (Å²) in [6.45, 7) is 0. The minimum absolute atomic E-state index is 0.463. The molecule has 0 aromatic heterocycles. The van der Waals surface area contributed by atoms with Crippen LogP contribution in [0.5, 0.6) is 0 Å². The van der Waals surface area contributed by atoms with E-state index in [1.165, 1.54) is 0 Å². The maximum atomic E-state index is 9.04. The average molecular weight is 229 g/mol. The van der Waals surface area contributed by atoms with E-state index in [0.717, 1.165) is 11.1 Å². The second kappa shape index (κ2) is 6.09. The van der Waals surface area contributed by atoms with E-state index in [0.29, 0.717) is 5.57 Å². The van der Waals surface area contributed by atoms with Gasteiger partial charge in [0.1, 0.15) is 11.6 Å². The van der Waals surface area contributed by atoms with Gasteiger partial charge in [0.2, 0.25) is 0 Å². The molecule has 2 rings (SSSR count). The maximum absolute atomic E-state index is 9.04. The Morgan fingerprint density at radius 2 is 1.50 bits per heavy atom. The van der Waals surface area contributed by atoms with Crippen molar-refractivity contribution in [3.63, 3.8) is 0 Å². The van der Waals surface area contributed by atoms with Crippen LogP contribution in [0.3, 0.4) is 0 Å². The first kappa shape index (κ1) is 11.7. The summed E-state index contributed by atoms with van der Waals surface area (Å²) in [5, 5.41) is 9.04. The smallest absolute Gasteiger partial charge is 0.108 e. The van der Waals surface area contributed by atoms with Gasteiger partial charge in [0.05, 0.1) is 0 Å². The molecule has 18 heavy (non-hydrogen) atoms. The van der Waals surface area contributed by atoms with Gasteiger partial charge < -0.3 is 0 Å². The Kier molecular flexibility index (Phi) is 3.96. The van der Waals surface area contributed by atoms with Crippen molar-refractivity contribution in [1.29, 1.82) is 5.26 Å². The lowest BCUT2D eigenvalue weighted by molar-refractivity contribution is 1.51. The predicted octanol–water partition coefficient (Wildman–Crippen LogP) is 3.65. The van der Waals surface area contributed by atoms with Crippen LogP contribution in [0.4, 0.5) is 0 Å². The molecule has 0 atom stereocenters. The lowest BCUT2D eigenvalue weighted by Crippen LogP contribution is -1.77. The first-order valence-electron chi connectivity index (χ1n) is 5.62. The van der Waals surface area contributed by atoms with Crippen LogP contribution >= 0.6 is 0 Å². The SMILES string of the molecule is N#CC(C#Cc1ccccc1)=Cc1ccccc1. The van der Waals surface area contributed by atoms with Crippen molar-refractivity contribution >= 4 is 6.08 Å². The van der Waals surface area contributed by atoms with E-state index in [2.05, 4.69) is 17.9 Å². The quantitative estimate of drug-likeness (QED) is 0.541. The molecule has 0 saturated carbocycles. The molecule has 0 aliphatic heterocycles.